The molecule has 0 radical (unpaired) electrons. The van der Waals surface area contributed by atoms with Gasteiger partial charge in [-0.1, -0.05) is 6.07 Å². The number of sulfonamides is 1. The summed E-state index contributed by atoms with van der Waals surface area (Å²) in [5.41, 5.74) is 1.17. The van der Waals surface area contributed by atoms with E-state index in [1.165, 1.54) is 4.31 Å². The number of hydrogen-bond acceptors (Lipinski definition) is 6. The first-order valence-corrected chi connectivity index (χ1v) is 11.1. The van der Waals surface area contributed by atoms with E-state index in [4.69, 9.17) is 4.74 Å². The van der Waals surface area contributed by atoms with Crippen molar-refractivity contribution in [3.63, 3.8) is 0 Å². The molecule has 2 fully saturated rings. The number of hydrogen-bond donors (Lipinski definition) is 1. The maximum atomic E-state index is 13.0. The van der Waals surface area contributed by atoms with Gasteiger partial charge in [0.25, 0.3) is 0 Å². The number of nitrogens with one attached hydrogen (secondary N) is 1. The van der Waals surface area contributed by atoms with Gasteiger partial charge in [0.2, 0.25) is 15.9 Å². The minimum absolute atomic E-state index is 0.122. The SMILES string of the molecule is Cc1ccc(NC(=O)[C@@H](C)N2CCN(C)CC2)cc1S(=O)(=O)N1CCOCC1. The number of carbonyl (C=O) groups is 1. The summed E-state index contributed by atoms with van der Waals surface area (Å²) in [6.45, 7) is 8.71. The van der Waals surface area contributed by atoms with E-state index in [9.17, 15) is 13.2 Å². The van der Waals surface area contributed by atoms with E-state index in [0.717, 1.165) is 26.2 Å². The molecular weight excluding hydrogens is 380 g/mol. The second kappa shape index (κ2) is 8.87. The van der Waals surface area contributed by atoms with E-state index in [1.54, 1.807) is 25.1 Å². The lowest BCUT2D eigenvalue weighted by Gasteiger charge is -2.35. The lowest BCUT2D eigenvalue weighted by molar-refractivity contribution is -0.121. The molecule has 0 unspecified atom stereocenters. The molecule has 0 bridgehead atoms. The summed E-state index contributed by atoms with van der Waals surface area (Å²) in [6, 6.07) is 4.79. The van der Waals surface area contributed by atoms with Gasteiger partial charge in [-0.3, -0.25) is 9.69 Å². The molecule has 0 spiro atoms. The summed E-state index contributed by atoms with van der Waals surface area (Å²) in [4.78, 5) is 17.3. The highest BCUT2D eigenvalue weighted by atomic mass is 32.2. The van der Waals surface area contributed by atoms with Crippen LogP contribution in [0.25, 0.3) is 0 Å². The summed E-state index contributed by atoms with van der Waals surface area (Å²) in [5, 5.41) is 2.89. The normalized spacial score (nSPS) is 21.4. The zero-order valence-electron chi connectivity index (χ0n) is 16.8. The van der Waals surface area contributed by atoms with E-state index in [-0.39, 0.29) is 16.8 Å². The number of ether oxygens (including phenoxy) is 1. The van der Waals surface area contributed by atoms with Crippen molar-refractivity contribution in [2.45, 2.75) is 24.8 Å². The van der Waals surface area contributed by atoms with Crippen LogP contribution in [0.1, 0.15) is 12.5 Å². The van der Waals surface area contributed by atoms with Gasteiger partial charge in [0.1, 0.15) is 0 Å². The minimum Gasteiger partial charge on any atom is -0.379 e. The molecule has 28 heavy (non-hydrogen) atoms. The largest absolute Gasteiger partial charge is 0.379 e. The molecule has 1 aromatic rings. The number of carbonyl (C=O) groups excluding carboxylic acids is 1. The fourth-order valence-corrected chi connectivity index (χ4v) is 5.16. The van der Waals surface area contributed by atoms with Crippen molar-refractivity contribution in [1.29, 1.82) is 0 Å². The van der Waals surface area contributed by atoms with Crippen LogP contribution in [0.2, 0.25) is 0 Å². The average Bonchev–Trinajstić information content (AvgIpc) is 2.70. The molecular formula is C19H30N4O4S. The van der Waals surface area contributed by atoms with Crippen molar-refractivity contribution in [3.8, 4) is 0 Å². The van der Waals surface area contributed by atoms with Gasteiger partial charge in [-0.25, -0.2) is 8.42 Å². The fraction of sp³-hybridized carbons (Fsp3) is 0.632. The third-order valence-electron chi connectivity index (χ3n) is 5.51. The first-order chi connectivity index (χ1) is 13.3. The second-order valence-electron chi connectivity index (χ2n) is 7.50. The second-order valence-corrected chi connectivity index (χ2v) is 9.41. The molecule has 2 aliphatic rings. The zero-order valence-corrected chi connectivity index (χ0v) is 17.7. The number of nitrogens with zero attached hydrogens (tertiary/aromatic N) is 3. The number of morpholine rings is 1. The number of benzene rings is 1. The molecule has 0 aromatic heterocycles. The highest BCUT2D eigenvalue weighted by Gasteiger charge is 2.29. The lowest BCUT2D eigenvalue weighted by Crippen LogP contribution is -2.51. The maximum absolute atomic E-state index is 13.0. The molecule has 1 N–H and O–H groups in total. The quantitative estimate of drug-likeness (QED) is 0.765. The predicted molar refractivity (Wildman–Crippen MR) is 108 cm³/mol. The standard InChI is InChI=1S/C19H30N4O4S/c1-15-4-5-17(14-18(15)28(25,26)23-10-12-27-13-11-23)20-19(24)16(2)22-8-6-21(3)7-9-22/h4-5,14,16H,6-13H2,1-3H3,(H,20,24)/t16-/m1/s1. The smallest absolute Gasteiger partial charge is 0.243 e. The molecule has 2 saturated heterocycles. The van der Waals surface area contributed by atoms with Crippen LogP contribution >= 0.6 is 0 Å². The van der Waals surface area contributed by atoms with Crippen LogP contribution in [0.3, 0.4) is 0 Å². The topological polar surface area (TPSA) is 82.2 Å². The lowest BCUT2D eigenvalue weighted by atomic mass is 10.2. The van der Waals surface area contributed by atoms with Crippen LogP contribution in [0.4, 0.5) is 5.69 Å². The average molecular weight is 411 g/mol. The van der Waals surface area contributed by atoms with Gasteiger partial charge in [-0.2, -0.15) is 4.31 Å². The van der Waals surface area contributed by atoms with Gasteiger partial charge >= 0.3 is 0 Å². The molecule has 2 aliphatic heterocycles. The van der Waals surface area contributed by atoms with Gasteiger partial charge in [0.05, 0.1) is 24.2 Å². The van der Waals surface area contributed by atoms with Crippen molar-refractivity contribution < 1.29 is 17.9 Å². The maximum Gasteiger partial charge on any atom is 0.243 e. The van der Waals surface area contributed by atoms with E-state index in [1.807, 2.05) is 6.92 Å². The number of anilines is 1. The number of aryl methyl sites for hydroxylation is 1. The van der Waals surface area contributed by atoms with Crippen LogP contribution in [-0.4, -0.2) is 94.0 Å². The molecule has 0 saturated carbocycles. The van der Waals surface area contributed by atoms with E-state index in [0.29, 0.717) is 37.6 Å². The Morgan fingerprint density at radius 3 is 2.39 bits per heavy atom. The molecule has 3 rings (SSSR count). The summed E-state index contributed by atoms with van der Waals surface area (Å²) < 4.78 is 32.7. The summed E-state index contributed by atoms with van der Waals surface area (Å²) in [6.07, 6.45) is 0. The van der Waals surface area contributed by atoms with Crippen molar-refractivity contribution in [2.24, 2.45) is 0 Å². The molecule has 1 aromatic carbocycles. The number of likely N-dealkylation sites (N-methyl/N-ethyl adjacent to an activating group) is 1. The van der Waals surface area contributed by atoms with Crippen LogP contribution in [0, 0.1) is 6.92 Å². The van der Waals surface area contributed by atoms with E-state index >= 15 is 0 Å². The molecule has 9 heteroatoms. The third kappa shape index (κ3) is 4.72. The number of amides is 1. The predicted octanol–water partition coefficient (Wildman–Crippen LogP) is 0.590. The monoisotopic (exact) mass is 410 g/mol. The van der Waals surface area contributed by atoms with Crippen molar-refractivity contribution >= 4 is 21.6 Å². The highest BCUT2D eigenvalue weighted by molar-refractivity contribution is 7.89. The van der Waals surface area contributed by atoms with Crippen LogP contribution < -0.4 is 5.32 Å². The highest BCUT2D eigenvalue weighted by Crippen LogP contribution is 2.24. The molecule has 156 valence electrons. The van der Waals surface area contributed by atoms with E-state index in [2.05, 4.69) is 22.2 Å². The Morgan fingerprint density at radius 2 is 1.75 bits per heavy atom. The van der Waals surface area contributed by atoms with Crippen LogP contribution in [0.15, 0.2) is 23.1 Å². The fourth-order valence-electron chi connectivity index (χ4n) is 3.50. The van der Waals surface area contributed by atoms with Gasteiger partial charge in [-0.15, -0.1) is 0 Å². The number of piperazine rings is 1. The molecule has 0 aliphatic carbocycles. The van der Waals surface area contributed by atoms with Crippen molar-refractivity contribution in [2.75, 3.05) is 64.8 Å². The van der Waals surface area contributed by atoms with Crippen molar-refractivity contribution in [1.82, 2.24) is 14.1 Å². The molecule has 1 amide bonds. The van der Waals surface area contributed by atoms with Crippen LogP contribution in [0.5, 0.6) is 0 Å². The summed E-state index contributed by atoms with van der Waals surface area (Å²) >= 11 is 0. The van der Waals surface area contributed by atoms with E-state index < -0.39 is 10.0 Å². The molecule has 8 nitrogen and oxygen atoms in total. The first-order valence-electron chi connectivity index (χ1n) is 9.71. The van der Waals surface area contributed by atoms with Gasteiger partial charge in [0, 0.05) is 45.0 Å². The van der Waals surface area contributed by atoms with Crippen molar-refractivity contribution in [3.05, 3.63) is 23.8 Å². The van der Waals surface area contributed by atoms with Gasteiger partial charge in [-0.05, 0) is 38.6 Å². The summed E-state index contributed by atoms with van der Waals surface area (Å²) in [5.74, 6) is -0.122. The Hall–Kier alpha value is -1.52. The first kappa shape index (κ1) is 21.2. The zero-order chi connectivity index (χ0) is 20.3. The Kier molecular flexibility index (Phi) is 6.72. The summed E-state index contributed by atoms with van der Waals surface area (Å²) in [7, 11) is -1.54. The van der Waals surface area contributed by atoms with Gasteiger partial charge in [0.15, 0.2) is 0 Å². The molecule has 1 atom stereocenters. The molecule has 2 heterocycles. The van der Waals surface area contributed by atoms with Gasteiger partial charge < -0.3 is 15.0 Å². The third-order valence-corrected chi connectivity index (χ3v) is 7.55. The Balaban J connectivity index is 1.73. The minimum atomic E-state index is -3.61. The Bertz CT molecular complexity index is 800. The van der Waals surface area contributed by atoms with Crippen LogP contribution in [-0.2, 0) is 19.6 Å². The number of rotatable bonds is 5. The Morgan fingerprint density at radius 1 is 1.11 bits per heavy atom. The Labute approximate surface area is 167 Å².